The van der Waals surface area contributed by atoms with Crippen LogP contribution in [0.5, 0.6) is 10.8 Å². The molecule has 5 rings (SSSR count). The maximum absolute atomic E-state index is 13.4. The molecule has 0 spiro atoms. The van der Waals surface area contributed by atoms with E-state index in [2.05, 4.69) is 15.3 Å². The van der Waals surface area contributed by atoms with Gasteiger partial charge in [0.15, 0.2) is 26.1 Å². The number of nitrogens with zero attached hydrogens (tertiary/aromatic N) is 2. The van der Waals surface area contributed by atoms with Crippen LogP contribution in [0.3, 0.4) is 0 Å². The maximum atomic E-state index is 13.4. The van der Waals surface area contributed by atoms with Gasteiger partial charge in [-0.05, 0) is 49.9 Å². The van der Waals surface area contributed by atoms with E-state index < -0.39 is 33.1 Å². The van der Waals surface area contributed by atoms with Gasteiger partial charge in [-0.1, -0.05) is 36.3 Å². The van der Waals surface area contributed by atoms with Crippen molar-refractivity contribution in [3.05, 3.63) is 59.9 Å². The number of amides is 1. The van der Waals surface area contributed by atoms with Gasteiger partial charge >= 0.3 is 5.97 Å². The highest BCUT2D eigenvalue weighted by atomic mass is 32.2. The third kappa shape index (κ3) is 6.66. The molecular formula is C27H29N3O8S2. The second-order valence-electron chi connectivity index (χ2n) is 9.62. The monoisotopic (exact) mass is 587 g/mol. The Labute approximate surface area is 235 Å². The first-order valence-electron chi connectivity index (χ1n) is 13.0. The third-order valence-electron chi connectivity index (χ3n) is 6.84. The lowest BCUT2D eigenvalue weighted by atomic mass is 10.1. The van der Waals surface area contributed by atoms with Crippen LogP contribution in [0.4, 0.5) is 5.13 Å². The van der Waals surface area contributed by atoms with Crippen molar-refractivity contribution in [1.82, 2.24) is 9.97 Å². The van der Waals surface area contributed by atoms with E-state index in [1.54, 1.807) is 18.2 Å². The van der Waals surface area contributed by atoms with Crippen LogP contribution in [-0.2, 0) is 24.1 Å². The number of aromatic nitrogens is 2. The summed E-state index contributed by atoms with van der Waals surface area (Å²) in [6.45, 7) is 1.04. The fourth-order valence-corrected chi connectivity index (χ4v) is 7.17. The van der Waals surface area contributed by atoms with Crippen LogP contribution in [-0.4, -0.2) is 59.9 Å². The van der Waals surface area contributed by atoms with Crippen molar-refractivity contribution in [1.29, 1.82) is 0 Å². The molecule has 2 N–H and O–H groups in total. The number of carbonyl (C=O) groups is 2. The van der Waals surface area contributed by atoms with Gasteiger partial charge in [0.25, 0.3) is 5.91 Å². The number of thiazole rings is 1. The number of pyridine rings is 1. The van der Waals surface area contributed by atoms with Crippen molar-refractivity contribution >= 4 is 38.2 Å². The van der Waals surface area contributed by atoms with Crippen LogP contribution in [0.2, 0.25) is 0 Å². The Morgan fingerprint density at radius 3 is 2.52 bits per heavy atom. The van der Waals surface area contributed by atoms with E-state index in [0.717, 1.165) is 24.2 Å². The van der Waals surface area contributed by atoms with E-state index in [1.165, 1.54) is 30.6 Å². The van der Waals surface area contributed by atoms with Crippen LogP contribution in [0.25, 0.3) is 0 Å². The number of nitrogens with one attached hydrogen (secondary N) is 1. The predicted molar refractivity (Wildman–Crippen MR) is 146 cm³/mol. The molecule has 1 unspecified atom stereocenters. The average molecular weight is 588 g/mol. The predicted octanol–water partition coefficient (Wildman–Crippen LogP) is 4.62. The molecule has 1 aliphatic heterocycles. The summed E-state index contributed by atoms with van der Waals surface area (Å²) in [7, 11) is -3.53. The first-order valence-corrected chi connectivity index (χ1v) is 15.4. The van der Waals surface area contributed by atoms with Crippen LogP contribution >= 0.6 is 11.3 Å². The van der Waals surface area contributed by atoms with Gasteiger partial charge < -0.3 is 19.3 Å². The summed E-state index contributed by atoms with van der Waals surface area (Å²) in [5, 5.41) is 12.1. The first-order chi connectivity index (χ1) is 19.3. The van der Waals surface area contributed by atoms with Crippen molar-refractivity contribution in [3.8, 4) is 10.8 Å². The molecule has 2 aliphatic rings. The second kappa shape index (κ2) is 12.4. The standard InChI is InChI=1S/C27H29N3O8S2/c31-25(30-27-29-16-23(39-27)37-20-5-3-4-17(14-20)26(32)33)24(38-19-10-12-36-13-11-19)18-8-9-22(28-15-18)40(34,35)21-6-1-2-7-21/h3-5,8-9,14-16,19,21,24H,1-2,6-7,10-13H2,(H,32,33)(H,29,30,31). The van der Waals surface area contributed by atoms with E-state index in [9.17, 15) is 23.1 Å². The van der Waals surface area contributed by atoms with Gasteiger partial charge in [0, 0.05) is 25.0 Å². The summed E-state index contributed by atoms with van der Waals surface area (Å²) in [6.07, 6.45) is 5.82. The topological polar surface area (TPSA) is 154 Å². The first kappa shape index (κ1) is 28.1. The smallest absolute Gasteiger partial charge is 0.335 e. The highest BCUT2D eigenvalue weighted by molar-refractivity contribution is 7.92. The third-order valence-corrected chi connectivity index (χ3v) is 9.81. The summed E-state index contributed by atoms with van der Waals surface area (Å²) in [5.74, 6) is -1.24. The minimum absolute atomic E-state index is 0.00190. The normalized spacial score (nSPS) is 17.4. The second-order valence-corrected chi connectivity index (χ2v) is 12.8. The van der Waals surface area contributed by atoms with E-state index in [0.29, 0.717) is 55.3 Å². The van der Waals surface area contributed by atoms with Gasteiger partial charge in [-0.2, -0.15) is 0 Å². The molecule has 13 heteroatoms. The molecule has 0 bridgehead atoms. The molecule has 2 aromatic heterocycles. The van der Waals surface area contributed by atoms with Gasteiger partial charge in [-0.25, -0.2) is 23.2 Å². The fourth-order valence-electron chi connectivity index (χ4n) is 4.72. The number of benzene rings is 1. The lowest BCUT2D eigenvalue weighted by Gasteiger charge is -2.27. The molecule has 2 fully saturated rings. The molecule has 3 aromatic rings. The summed E-state index contributed by atoms with van der Waals surface area (Å²) in [6, 6.07) is 9.05. The molecule has 1 aromatic carbocycles. The molecular weight excluding hydrogens is 558 g/mol. The van der Waals surface area contributed by atoms with Crippen LogP contribution < -0.4 is 10.1 Å². The van der Waals surface area contributed by atoms with Gasteiger partial charge in [-0.15, -0.1) is 0 Å². The summed E-state index contributed by atoms with van der Waals surface area (Å²) < 4.78 is 43.2. The lowest BCUT2D eigenvalue weighted by molar-refractivity contribution is -0.136. The van der Waals surface area contributed by atoms with Crippen LogP contribution in [0.1, 0.15) is 60.6 Å². The summed E-state index contributed by atoms with van der Waals surface area (Å²) in [5.41, 5.74) is 0.507. The summed E-state index contributed by atoms with van der Waals surface area (Å²) >= 11 is 1.07. The van der Waals surface area contributed by atoms with E-state index in [1.807, 2.05) is 0 Å². The highest BCUT2D eigenvalue weighted by Crippen LogP contribution is 2.33. The Bertz CT molecular complexity index is 1450. The number of hydrogen-bond donors (Lipinski definition) is 2. The lowest BCUT2D eigenvalue weighted by Crippen LogP contribution is -2.31. The van der Waals surface area contributed by atoms with E-state index in [4.69, 9.17) is 14.2 Å². The Balaban J connectivity index is 1.31. The Hall–Kier alpha value is -3.39. The molecule has 1 saturated carbocycles. The number of anilines is 1. The number of carbonyl (C=O) groups excluding carboxylic acids is 1. The number of aromatic carboxylic acids is 1. The van der Waals surface area contributed by atoms with Crippen molar-refractivity contribution in [2.75, 3.05) is 18.5 Å². The van der Waals surface area contributed by atoms with Gasteiger partial charge in [0.1, 0.15) is 5.75 Å². The number of carboxylic acids is 1. The number of rotatable bonds is 10. The molecule has 1 amide bonds. The van der Waals surface area contributed by atoms with Crippen molar-refractivity contribution < 1.29 is 37.3 Å². The molecule has 3 heterocycles. The van der Waals surface area contributed by atoms with E-state index in [-0.39, 0.29) is 21.8 Å². The van der Waals surface area contributed by atoms with Gasteiger partial charge in [0.2, 0.25) is 5.06 Å². The fraction of sp³-hybridized carbons (Fsp3) is 0.407. The van der Waals surface area contributed by atoms with Crippen molar-refractivity contribution in [3.63, 3.8) is 0 Å². The van der Waals surface area contributed by atoms with Crippen molar-refractivity contribution in [2.45, 2.75) is 61.0 Å². The van der Waals surface area contributed by atoms with Gasteiger partial charge in [-0.3, -0.25) is 10.1 Å². The molecule has 0 radical (unpaired) electrons. The average Bonchev–Trinajstić information content (AvgIpc) is 3.66. The zero-order chi connectivity index (χ0) is 28.1. The Morgan fingerprint density at radius 1 is 1.05 bits per heavy atom. The minimum atomic E-state index is -3.53. The quantitative estimate of drug-likeness (QED) is 0.343. The highest BCUT2D eigenvalue weighted by Gasteiger charge is 2.32. The number of hydrogen-bond acceptors (Lipinski definition) is 10. The van der Waals surface area contributed by atoms with E-state index >= 15 is 0 Å². The van der Waals surface area contributed by atoms with Crippen LogP contribution in [0, 0.1) is 0 Å². The maximum Gasteiger partial charge on any atom is 0.335 e. The SMILES string of the molecule is O=C(O)c1cccc(Oc2cnc(NC(=O)C(OC3CCOCC3)c3ccc(S(=O)(=O)C4CCCC4)nc3)s2)c1. The van der Waals surface area contributed by atoms with Crippen LogP contribution in [0.15, 0.2) is 53.8 Å². The molecule has 40 heavy (non-hydrogen) atoms. The molecule has 1 atom stereocenters. The molecule has 212 valence electrons. The van der Waals surface area contributed by atoms with Gasteiger partial charge in [0.05, 0.1) is 23.1 Å². The summed E-state index contributed by atoms with van der Waals surface area (Å²) in [4.78, 5) is 33.0. The number of carboxylic acid groups (broad SMARTS) is 1. The molecule has 1 aliphatic carbocycles. The zero-order valence-corrected chi connectivity index (χ0v) is 23.2. The Morgan fingerprint density at radius 2 is 1.82 bits per heavy atom. The number of sulfone groups is 1. The largest absolute Gasteiger partial charge is 0.478 e. The Kier molecular flexibility index (Phi) is 8.74. The molecule has 1 saturated heterocycles. The molecule has 11 nitrogen and oxygen atoms in total. The minimum Gasteiger partial charge on any atom is -0.478 e. The van der Waals surface area contributed by atoms with Crippen molar-refractivity contribution in [2.24, 2.45) is 0 Å². The zero-order valence-electron chi connectivity index (χ0n) is 21.5. The number of ether oxygens (including phenoxy) is 3.